The standard InChI is InChI=1S/C32H37F2N8O13P/c1-18(7-11-26(44)36-24-13-15-41(31(48)37-24)30-32(33,34)28(46)23(55-30)17-54-56(51,52)53)38-39-29(47)21-10-9-20(16-22(21)42(49)50)35-25(43)6-4-3-5-14-40-19(2)8-12-27(40)45/h8-10,12-13,15-16,23,28,30,46H,2-7,11,14,17H2,1H3,(H,35,43)(H,39,47)(H2,51,52,53)(H,36,37,44,48)/b38-18+/t23-,28?,30-/m1/s1. The van der Waals surface area contributed by atoms with Crippen molar-refractivity contribution in [3.05, 3.63) is 81.1 Å². The van der Waals surface area contributed by atoms with E-state index in [0.717, 1.165) is 24.4 Å². The molecule has 0 radical (unpaired) electrons. The van der Waals surface area contributed by atoms with E-state index in [9.17, 15) is 52.5 Å². The van der Waals surface area contributed by atoms with E-state index in [0.29, 0.717) is 36.1 Å². The van der Waals surface area contributed by atoms with E-state index in [2.05, 4.69) is 37.2 Å². The third-order valence-corrected chi connectivity index (χ3v) is 8.72. The highest BCUT2D eigenvalue weighted by atomic mass is 31.2. The van der Waals surface area contributed by atoms with E-state index in [4.69, 9.17) is 14.5 Å². The zero-order valence-electron chi connectivity index (χ0n) is 29.5. The molecule has 0 spiro atoms. The number of benzene rings is 1. The SMILES string of the molecule is C=C1C=CC(=O)N1CCCCCC(=O)Nc1ccc(C(=O)N/N=C(\C)CCC(=O)Nc2ccn([C@@H]3O[C@H](COP(=O)(O)O)C(O)C3(F)F)c(=O)n2)c([N+](=O)[O-])c1. The molecule has 1 aromatic heterocycles. The van der Waals surface area contributed by atoms with Crippen molar-refractivity contribution >= 4 is 54.4 Å². The van der Waals surface area contributed by atoms with Crippen LogP contribution in [0.5, 0.6) is 0 Å². The Bertz CT molecular complexity index is 2040. The molecule has 1 aromatic carbocycles. The minimum absolute atomic E-state index is 0.0583. The number of nitrogens with zero attached hydrogens (tertiary/aromatic N) is 5. The Hall–Kier alpha value is -5.58. The van der Waals surface area contributed by atoms with Crippen LogP contribution in [0.4, 0.5) is 26.0 Å². The van der Waals surface area contributed by atoms with Crippen LogP contribution in [0.25, 0.3) is 0 Å². The Morgan fingerprint density at radius 2 is 1.82 bits per heavy atom. The van der Waals surface area contributed by atoms with Crippen LogP contribution >= 0.6 is 7.82 Å². The molecule has 0 bridgehead atoms. The molecule has 4 amide bonds. The molecule has 56 heavy (non-hydrogen) atoms. The zero-order valence-corrected chi connectivity index (χ0v) is 30.4. The molecule has 3 heterocycles. The Balaban J connectivity index is 1.24. The van der Waals surface area contributed by atoms with E-state index in [1.807, 2.05) is 0 Å². The highest BCUT2D eigenvalue weighted by Crippen LogP contribution is 2.44. The number of nitro groups is 1. The fraction of sp³-hybridized carbons (Fsp3) is 0.406. The minimum atomic E-state index is -5.08. The smallest absolute Gasteiger partial charge is 0.384 e. The van der Waals surface area contributed by atoms with Crippen LogP contribution in [0.2, 0.25) is 0 Å². The number of nitrogens with one attached hydrogen (secondary N) is 3. The number of hydrazone groups is 1. The van der Waals surface area contributed by atoms with Crippen molar-refractivity contribution < 1.29 is 61.6 Å². The molecule has 0 saturated carbocycles. The fourth-order valence-corrected chi connectivity index (χ4v) is 5.69. The van der Waals surface area contributed by atoms with Gasteiger partial charge in [0.2, 0.25) is 18.0 Å². The van der Waals surface area contributed by atoms with Crippen molar-refractivity contribution in [3.63, 3.8) is 0 Å². The number of carbonyl (C=O) groups excluding carboxylic acids is 4. The molecule has 3 atom stereocenters. The Kier molecular flexibility index (Phi) is 14.2. The van der Waals surface area contributed by atoms with Gasteiger partial charge in [-0.15, -0.1) is 0 Å². The summed E-state index contributed by atoms with van der Waals surface area (Å²) in [6.45, 7) is 4.57. The predicted molar refractivity (Wildman–Crippen MR) is 190 cm³/mol. The van der Waals surface area contributed by atoms with E-state index < -0.39 is 72.8 Å². The topological polar surface area (TPSA) is 294 Å². The molecule has 1 fully saturated rings. The van der Waals surface area contributed by atoms with Crippen molar-refractivity contribution in [2.45, 2.75) is 69.8 Å². The number of aliphatic hydroxyl groups excluding tert-OH is 1. The first kappa shape index (κ1) is 43.2. The van der Waals surface area contributed by atoms with Crippen LogP contribution in [-0.2, 0) is 28.2 Å². The molecule has 2 aliphatic rings. The summed E-state index contributed by atoms with van der Waals surface area (Å²) < 4.78 is 49.6. The summed E-state index contributed by atoms with van der Waals surface area (Å²) in [6, 6.07) is 4.45. The monoisotopic (exact) mass is 810 g/mol. The van der Waals surface area contributed by atoms with Crippen molar-refractivity contribution in [1.29, 1.82) is 0 Å². The van der Waals surface area contributed by atoms with Crippen LogP contribution < -0.4 is 21.7 Å². The lowest BCUT2D eigenvalue weighted by Crippen LogP contribution is -2.42. The zero-order chi connectivity index (χ0) is 41.4. The molecule has 2 aliphatic heterocycles. The fourth-order valence-electron chi connectivity index (χ4n) is 5.35. The first-order valence-electron chi connectivity index (χ1n) is 16.7. The number of halogens is 2. The molecule has 24 heteroatoms. The summed E-state index contributed by atoms with van der Waals surface area (Å²) in [5.74, 6) is -6.66. The predicted octanol–water partition coefficient (Wildman–Crippen LogP) is 2.09. The average Bonchev–Trinajstić information content (AvgIpc) is 3.56. The largest absolute Gasteiger partial charge is 0.469 e. The summed E-state index contributed by atoms with van der Waals surface area (Å²) in [6.07, 6.45) is -1.51. The molecule has 1 unspecified atom stereocenters. The third kappa shape index (κ3) is 11.5. The van der Waals surface area contributed by atoms with Gasteiger partial charge >= 0.3 is 19.4 Å². The van der Waals surface area contributed by atoms with Gasteiger partial charge in [-0.3, -0.25) is 38.4 Å². The van der Waals surface area contributed by atoms with Gasteiger partial charge in [-0.1, -0.05) is 13.0 Å². The third-order valence-electron chi connectivity index (χ3n) is 8.24. The van der Waals surface area contributed by atoms with Crippen molar-refractivity contribution in [3.8, 4) is 0 Å². The van der Waals surface area contributed by atoms with Gasteiger partial charge in [0.25, 0.3) is 17.5 Å². The van der Waals surface area contributed by atoms with Gasteiger partial charge in [0.1, 0.15) is 17.5 Å². The number of hydrogen-bond acceptors (Lipinski definition) is 13. The first-order valence-corrected chi connectivity index (χ1v) is 18.2. The highest BCUT2D eigenvalue weighted by molar-refractivity contribution is 7.46. The minimum Gasteiger partial charge on any atom is -0.384 e. The molecular weight excluding hydrogens is 773 g/mol. The number of anilines is 2. The molecule has 6 N–H and O–H groups in total. The quantitative estimate of drug-likeness (QED) is 0.0413. The molecule has 302 valence electrons. The second-order valence-electron chi connectivity index (χ2n) is 12.4. The van der Waals surface area contributed by atoms with Crippen molar-refractivity contribution in [2.24, 2.45) is 5.10 Å². The molecule has 0 aliphatic carbocycles. The van der Waals surface area contributed by atoms with Gasteiger partial charge in [0.05, 0.1) is 11.5 Å². The number of alkyl halides is 2. The van der Waals surface area contributed by atoms with E-state index in [1.165, 1.54) is 24.0 Å². The Labute approximate surface area is 315 Å². The lowest BCUT2D eigenvalue weighted by molar-refractivity contribution is -0.385. The number of aromatic nitrogens is 2. The Morgan fingerprint density at radius 3 is 2.46 bits per heavy atom. The van der Waals surface area contributed by atoms with Crippen LogP contribution in [0, 0.1) is 10.1 Å². The van der Waals surface area contributed by atoms with Gasteiger partial charge in [0.15, 0.2) is 6.10 Å². The lowest BCUT2D eigenvalue weighted by atomic mass is 10.1. The van der Waals surface area contributed by atoms with Crippen molar-refractivity contribution in [2.75, 3.05) is 23.8 Å². The number of aliphatic hydroxyl groups is 1. The van der Waals surface area contributed by atoms with E-state index >= 15 is 0 Å². The van der Waals surface area contributed by atoms with Gasteiger partial charge < -0.3 is 35.2 Å². The summed E-state index contributed by atoms with van der Waals surface area (Å²) in [7, 11) is -5.08. The number of ether oxygens (including phenoxy) is 1. The lowest BCUT2D eigenvalue weighted by Gasteiger charge is -2.21. The summed E-state index contributed by atoms with van der Waals surface area (Å²) in [5, 5.41) is 30.3. The van der Waals surface area contributed by atoms with Gasteiger partial charge in [-0.2, -0.15) is 18.9 Å². The summed E-state index contributed by atoms with van der Waals surface area (Å²) >= 11 is 0. The summed E-state index contributed by atoms with van der Waals surface area (Å²) in [5.41, 5.74) is 0.748. The van der Waals surface area contributed by atoms with Crippen LogP contribution in [0.15, 0.2) is 64.8 Å². The number of carbonyl (C=O) groups is 4. The van der Waals surface area contributed by atoms with Gasteiger partial charge in [-0.05, 0) is 50.5 Å². The number of phosphoric ester groups is 1. The Morgan fingerprint density at radius 1 is 1.11 bits per heavy atom. The maximum absolute atomic E-state index is 14.7. The van der Waals surface area contributed by atoms with E-state index in [-0.39, 0.29) is 48.0 Å². The molecule has 1 saturated heterocycles. The number of amides is 4. The number of hydrogen-bond donors (Lipinski definition) is 6. The second-order valence-corrected chi connectivity index (χ2v) is 13.7. The second kappa shape index (κ2) is 18.4. The van der Waals surface area contributed by atoms with Gasteiger partial charge in [0, 0.05) is 54.8 Å². The average molecular weight is 811 g/mol. The maximum Gasteiger partial charge on any atom is 0.469 e. The molecule has 4 rings (SSSR count). The van der Waals surface area contributed by atoms with Crippen molar-refractivity contribution in [1.82, 2.24) is 19.9 Å². The molecule has 2 aromatic rings. The number of phosphoric acid groups is 1. The van der Waals surface area contributed by atoms with Crippen LogP contribution in [0.3, 0.4) is 0 Å². The summed E-state index contributed by atoms with van der Waals surface area (Å²) in [4.78, 5) is 95.5. The number of unbranched alkanes of at least 4 members (excludes halogenated alkanes) is 2. The van der Waals surface area contributed by atoms with Crippen LogP contribution in [-0.4, -0.2) is 94.9 Å². The number of allylic oxidation sites excluding steroid dienone is 1. The molecular formula is C32H37F2N8O13P. The van der Waals surface area contributed by atoms with Gasteiger partial charge in [-0.25, -0.2) is 14.8 Å². The number of rotatable bonds is 18. The maximum atomic E-state index is 14.7. The highest BCUT2D eigenvalue weighted by Gasteiger charge is 2.60. The first-order chi connectivity index (χ1) is 26.3. The number of nitro benzene ring substituents is 1. The van der Waals surface area contributed by atoms with E-state index in [1.54, 1.807) is 6.08 Å². The molecule has 21 nitrogen and oxygen atoms in total. The van der Waals surface area contributed by atoms with Crippen LogP contribution in [0.1, 0.15) is 62.0 Å². The normalized spacial score (nSPS) is 19.3.